The Hall–Kier alpha value is -1.33. The van der Waals surface area contributed by atoms with Crippen molar-refractivity contribution in [1.29, 1.82) is 0 Å². The molecule has 1 aromatic carbocycles. The molecular formula is C14H19ClN2O3. The first-order valence-corrected chi connectivity index (χ1v) is 7.24. The number of anilines is 1. The van der Waals surface area contributed by atoms with Crippen LogP contribution in [0.5, 0.6) is 0 Å². The van der Waals surface area contributed by atoms with Gasteiger partial charge < -0.3 is 10.0 Å². The third kappa shape index (κ3) is 3.04. The molecule has 0 aliphatic carbocycles. The SMILES string of the molecule is Cc1cc([N+](=O)[O-])c(Cl)cc1N1CCCC1CCCO. The van der Waals surface area contributed by atoms with Crippen molar-refractivity contribution in [2.45, 2.75) is 38.6 Å². The van der Waals surface area contributed by atoms with E-state index in [0.29, 0.717) is 6.04 Å². The van der Waals surface area contributed by atoms with E-state index in [1.54, 1.807) is 12.1 Å². The summed E-state index contributed by atoms with van der Waals surface area (Å²) in [7, 11) is 0. The average Bonchev–Trinajstić information content (AvgIpc) is 2.86. The first-order valence-electron chi connectivity index (χ1n) is 6.86. The van der Waals surface area contributed by atoms with Gasteiger partial charge >= 0.3 is 0 Å². The van der Waals surface area contributed by atoms with Gasteiger partial charge in [-0.2, -0.15) is 0 Å². The van der Waals surface area contributed by atoms with Gasteiger partial charge in [0.15, 0.2) is 0 Å². The summed E-state index contributed by atoms with van der Waals surface area (Å²) in [5.74, 6) is 0. The Kier molecular flexibility index (Phi) is 4.83. The summed E-state index contributed by atoms with van der Waals surface area (Å²) in [6.45, 7) is 3.01. The van der Waals surface area contributed by atoms with E-state index in [9.17, 15) is 10.1 Å². The molecule has 1 N–H and O–H groups in total. The zero-order chi connectivity index (χ0) is 14.7. The highest BCUT2D eigenvalue weighted by atomic mass is 35.5. The van der Waals surface area contributed by atoms with Crippen molar-refractivity contribution in [2.24, 2.45) is 0 Å². The zero-order valence-electron chi connectivity index (χ0n) is 11.5. The number of nitrogens with zero attached hydrogens (tertiary/aromatic N) is 2. The van der Waals surface area contributed by atoms with Crippen molar-refractivity contribution in [2.75, 3.05) is 18.1 Å². The third-order valence-corrected chi connectivity index (χ3v) is 4.15. The lowest BCUT2D eigenvalue weighted by Gasteiger charge is -2.28. The minimum atomic E-state index is -0.452. The Morgan fingerprint density at radius 1 is 1.55 bits per heavy atom. The highest BCUT2D eigenvalue weighted by Gasteiger charge is 2.27. The molecule has 1 fully saturated rings. The van der Waals surface area contributed by atoms with Gasteiger partial charge in [0.1, 0.15) is 5.02 Å². The molecule has 1 aliphatic rings. The van der Waals surface area contributed by atoms with Gasteiger partial charge in [-0.3, -0.25) is 10.1 Å². The number of hydrogen-bond acceptors (Lipinski definition) is 4. The van der Waals surface area contributed by atoms with Crippen LogP contribution in [0.3, 0.4) is 0 Å². The molecule has 110 valence electrons. The molecule has 0 aromatic heterocycles. The molecular weight excluding hydrogens is 280 g/mol. The molecule has 5 nitrogen and oxygen atoms in total. The topological polar surface area (TPSA) is 66.6 Å². The van der Waals surface area contributed by atoms with Crippen LogP contribution in [-0.2, 0) is 0 Å². The second-order valence-corrected chi connectivity index (χ2v) is 5.61. The van der Waals surface area contributed by atoms with Crippen molar-refractivity contribution >= 4 is 23.0 Å². The molecule has 1 unspecified atom stereocenters. The Morgan fingerprint density at radius 3 is 2.95 bits per heavy atom. The maximum Gasteiger partial charge on any atom is 0.288 e. The summed E-state index contributed by atoms with van der Waals surface area (Å²) in [4.78, 5) is 12.7. The van der Waals surface area contributed by atoms with E-state index in [2.05, 4.69) is 4.90 Å². The number of benzene rings is 1. The average molecular weight is 299 g/mol. The number of rotatable bonds is 5. The van der Waals surface area contributed by atoms with Crippen molar-refractivity contribution < 1.29 is 10.0 Å². The van der Waals surface area contributed by atoms with E-state index in [1.165, 1.54) is 0 Å². The molecule has 20 heavy (non-hydrogen) atoms. The number of aryl methyl sites for hydroxylation is 1. The van der Waals surface area contributed by atoms with E-state index in [1.807, 2.05) is 6.92 Å². The van der Waals surface area contributed by atoms with E-state index >= 15 is 0 Å². The fraction of sp³-hybridized carbons (Fsp3) is 0.571. The number of hydrogen-bond donors (Lipinski definition) is 1. The number of nitro benzene ring substituents is 1. The van der Waals surface area contributed by atoms with Gasteiger partial charge in [0.25, 0.3) is 5.69 Å². The summed E-state index contributed by atoms with van der Waals surface area (Å²) in [6.07, 6.45) is 3.91. The Labute approximate surface area is 123 Å². The maximum absolute atomic E-state index is 10.9. The van der Waals surface area contributed by atoms with Gasteiger partial charge in [-0.25, -0.2) is 0 Å². The van der Waals surface area contributed by atoms with Crippen LogP contribution >= 0.6 is 11.6 Å². The van der Waals surface area contributed by atoms with Gasteiger partial charge in [-0.05, 0) is 44.2 Å². The van der Waals surface area contributed by atoms with Crippen LogP contribution in [0.15, 0.2) is 12.1 Å². The summed E-state index contributed by atoms with van der Waals surface area (Å²) < 4.78 is 0. The van der Waals surface area contributed by atoms with Crippen LogP contribution in [0, 0.1) is 17.0 Å². The Balaban J connectivity index is 2.28. The summed E-state index contributed by atoms with van der Waals surface area (Å²) in [5.41, 5.74) is 1.80. The van der Waals surface area contributed by atoms with E-state index in [-0.39, 0.29) is 17.3 Å². The molecule has 0 bridgehead atoms. The number of halogens is 1. The van der Waals surface area contributed by atoms with Crippen molar-refractivity contribution in [3.8, 4) is 0 Å². The minimum Gasteiger partial charge on any atom is -0.396 e. The quantitative estimate of drug-likeness (QED) is 0.669. The van der Waals surface area contributed by atoms with Crippen LogP contribution < -0.4 is 4.90 Å². The Morgan fingerprint density at radius 2 is 2.30 bits per heavy atom. The van der Waals surface area contributed by atoms with Crippen LogP contribution in [-0.4, -0.2) is 29.2 Å². The number of aliphatic hydroxyl groups is 1. The van der Waals surface area contributed by atoms with Crippen LogP contribution in [0.1, 0.15) is 31.2 Å². The fourth-order valence-electron chi connectivity index (χ4n) is 2.89. The molecule has 0 saturated carbocycles. The Bertz CT molecular complexity index is 507. The van der Waals surface area contributed by atoms with Crippen LogP contribution in [0.2, 0.25) is 5.02 Å². The van der Waals surface area contributed by atoms with Gasteiger partial charge in [0.2, 0.25) is 0 Å². The third-order valence-electron chi connectivity index (χ3n) is 3.84. The number of aliphatic hydroxyl groups excluding tert-OH is 1. The molecule has 1 heterocycles. The molecule has 0 spiro atoms. The lowest BCUT2D eigenvalue weighted by Crippen LogP contribution is -2.30. The molecule has 1 saturated heterocycles. The fourth-order valence-corrected chi connectivity index (χ4v) is 3.11. The second-order valence-electron chi connectivity index (χ2n) is 5.20. The standard InChI is InChI=1S/C14H19ClN2O3/c1-10-8-14(17(19)20)12(15)9-13(10)16-6-2-4-11(16)5-3-7-18/h8-9,11,18H,2-7H2,1H3. The molecule has 1 aromatic rings. The second kappa shape index (κ2) is 6.41. The van der Waals surface area contributed by atoms with Crippen LogP contribution in [0.25, 0.3) is 0 Å². The van der Waals surface area contributed by atoms with Gasteiger partial charge in [-0.1, -0.05) is 11.6 Å². The molecule has 6 heteroatoms. The van der Waals surface area contributed by atoms with Crippen molar-refractivity contribution in [1.82, 2.24) is 0 Å². The number of nitro groups is 1. The minimum absolute atomic E-state index is 0.0426. The molecule has 1 atom stereocenters. The molecule has 1 aliphatic heterocycles. The summed E-state index contributed by atoms with van der Waals surface area (Å²) >= 11 is 6.02. The predicted molar refractivity (Wildman–Crippen MR) is 79.5 cm³/mol. The predicted octanol–water partition coefficient (Wildman–Crippen LogP) is 3.30. The molecule has 2 rings (SSSR count). The largest absolute Gasteiger partial charge is 0.396 e. The van der Waals surface area contributed by atoms with E-state index in [4.69, 9.17) is 16.7 Å². The molecule has 0 radical (unpaired) electrons. The highest BCUT2D eigenvalue weighted by Crippen LogP contribution is 2.36. The van der Waals surface area contributed by atoms with E-state index in [0.717, 1.165) is 43.5 Å². The lowest BCUT2D eigenvalue weighted by molar-refractivity contribution is -0.384. The first kappa shape index (κ1) is 15.1. The first-order chi connectivity index (χ1) is 9.54. The smallest absolute Gasteiger partial charge is 0.288 e. The zero-order valence-corrected chi connectivity index (χ0v) is 12.3. The summed E-state index contributed by atoms with van der Waals surface area (Å²) in [5, 5.41) is 20.0. The molecule has 0 amide bonds. The van der Waals surface area contributed by atoms with Gasteiger partial charge in [0, 0.05) is 30.9 Å². The summed E-state index contributed by atoms with van der Waals surface area (Å²) in [6, 6.07) is 3.63. The van der Waals surface area contributed by atoms with Crippen molar-refractivity contribution in [3.05, 3.63) is 32.8 Å². The van der Waals surface area contributed by atoms with E-state index < -0.39 is 4.92 Å². The normalized spacial score (nSPS) is 18.6. The van der Waals surface area contributed by atoms with Gasteiger partial charge in [-0.15, -0.1) is 0 Å². The van der Waals surface area contributed by atoms with Crippen molar-refractivity contribution in [3.63, 3.8) is 0 Å². The monoisotopic (exact) mass is 298 g/mol. The van der Waals surface area contributed by atoms with Crippen LogP contribution in [0.4, 0.5) is 11.4 Å². The van der Waals surface area contributed by atoms with Gasteiger partial charge in [0.05, 0.1) is 4.92 Å². The maximum atomic E-state index is 10.9. The lowest BCUT2D eigenvalue weighted by atomic mass is 10.1. The highest BCUT2D eigenvalue weighted by molar-refractivity contribution is 6.33.